The Bertz CT molecular complexity index is 785. The molecule has 5 heteroatoms. The maximum Gasteiger partial charge on any atom is 0.149 e. The molecule has 0 spiro atoms. The van der Waals surface area contributed by atoms with Gasteiger partial charge in [-0.25, -0.2) is 4.21 Å². The first kappa shape index (κ1) is 13.6. The smallest absolute Gasteiger partial charge is 0.149 e. The summed E-state index contributed by atoms with van der Waals surface area (Å²) in [5, 5.41) is 4.91. The van der Waals surface area contributed by atoms with E-state index in [0.717, 1.165) is 22.1 Å². The third-order valence-electron chi connectivity index (χ3n) is 3.08. The van der Waals surface area contributed by atoms with Crippen molar-refractivity contribution in [1.82, 2.24) is 0 Å². The van der Waals surface area contributed by atoms with Crippen LogP contribution in [-0.4, -0.2) is 8.76 Å². The highest BCUT2D eigenvalue weighted by atomic mass is 32.2. The van der Waals surface area contributed by atoms with E-state index in [1.807, 2.05) is 54.6 Å². The van der Waals surface area contributed by atoms with Gasteiger partial charge in [0.05, 0.1) is 5.69 Å². The lowest BCUT2D eigenvalue weighted by Crippen LogP contribution is -2.00. The Morgan fingerprint density at radius 2 is 1.62 bits per heavy atom. The lowest BCUT2D eigenvalue weighted by Gasteiger charge is -2.14. The third kappa shape index (κ3) is 3.04. The molecule has 0 fully saturated rings. The average Bonchev–Trinajstić information content (AvgIpc) is 2.48. The molecule has 0 saturated carbocycles. The molecule has 0 aliphatic heterocycles. The predicted molar refractivity (Wildman–Crippen MR) is 83.2 cm³/mol. The van der Waals surface area contributed by atoms with Gasteiger partial charge in [0, 0.05) is 11.1 Å². The van der Waals surface area contributed by atoms with Crippen molar-refractivity contribution in [3.8, 4) is 5.75 Å². The van der Waals surface area contributed by atoms with Crippen molar-refractivity contribution in [2.24, 2.45) is 0 Å². The van der Waals surface area contributed by atoms with Crippen LogP contribution in [0.2, 0.25) is 0 Å². The molecule has 3 aromatic carbocycles. The van der Waals surface area contributed by atoms with E-state index in [0.29, 0.717) is 5.75 Å². The van der Waals surface area contributed by atoms with Gasteiger partial charge in [0.2, 0.25) is 0 Å². The van der Waals surface area contributed by atoms with Crippen molar-refractivity contribution >= 4 is 33.5 Å². The molecular weight excluding hydrogens is 286 g/mol. The van der Waals surface area contributed by atoms with E-state index >= 15 is 0 Å². The van der Waals surface area contributed by atoms with Gasteiger partial charge in [-0.2, -0.15) is 0 Å². The van der Waals surface area contributed by atoms with Gasteiger partial charge in [0.15, 0.2) is 0 Å². The minimum Gasteiger partial charge on any atom is -0.740 e. The highest BCUT2D eigenvalue weighted by molar-refractivity contribution is 7.74. The first-order chi connectivity index (χ1) is 10.2. The van der Waals surface area contributed by atoms with Crippen LogP contribution in [0.1, 0.15) is 0 Å². The quantitative estimate of drug-likeness (QED) is 0.745. The van der Waals surface area contributed by atoms with E-state index in [4.69, 9.17) is 4.18 Å². The third-order valence-corrected chi connectivity index (χ3v) is 3.39. The number of anilines is 2. The molecule has 3 rings (SSSR count). The van der Waals surface area contributed by atoms with Crippen LogP contribution in [0.15, 0.2) is 66.7 Å². The number of fused-ring (bicyclic) bond motifs is 1. The summed E-state index contributed by atoms with van der Waals surface area (Å²) in [6.07, 6.45) is 0. The van der Waals surface area contributed by atoms with E-state index in [9.17, 15) is 8.76 Å². The fourth-order valence-corrected chi connectivity index (χ4v) is 2.52. The summed E-state index contributed by atoms with van der Waals surface area (Å²) in [6, 6.07) is 20.7. The first-order valence-electron chi connectivity index (χ1n) is 6.35. The SMILES string of the molecule is O=S([O-])Oc1cccc2cccc(Nc3ccccc3)c12. The molecule has 3 aromatic rings. The van der Waals surface area contributed by atoms with Gasteiger partial charge in [0.1, 0.15) is 17.1 Å². The number of benzene rings is 3. The molecular formula is C16H12NO3S-. The zero-order valence-electron chi connectivity index (χ0n) is 11.0. The largest absolute Gasteiger partial charge is 0.740 e. The van der Waals surface area contributed by atoms with Crippen LogP contribution in [-0.2, 0) is 11.4 Å². The van der Waals surface area contributed by atoms with E-state index in [1.165, 1.54) is 0 Å². The molecule has 0 aromatic heterocycles. The summed E-state index contributed by atoms with van der Waals surface area (Å²) in [5.41, 5.74) is 1.71. The second-order valence-corrected chi connectivity index (χ2v) is 5.01. The molecule has 0 aliphatic carbocycles. The zero-order chi connectivity index (χ0) is 14.7. The molecule has 0 saturated heterocycles. The molecule has 0 heterocycles. The minimum absolute atomic E-state index is 0.305. The fraction of sp³-hybridized carbons (Fsp3) is 0. The molecule has 21 heavy (non-hydrogen) atoms. The maximum absolute atomic E-state index is 10.8. The molecule has 4 nitrogen and oxygen atoms in total. The summed E-state index contributed by atoms with van der Waals surface area (Å²) >= 11 is -2.61. The van der Waals surface area contributed by atoms with Crippen LogP contribution in [0.25, 0.3) is 10.8 Å². The number of nitrogens with one attached hydrogen (secondary N) is 1. The molecule has 1 atom stereocenters. The van der Waals surface area contributed by atoms with Crippen LogP contribution >= 0.6 is 0 Å². The highest BCUT2D eigenvalue weighted by Gasteiger charge is 2.08. The lowest BCUT2D eigenvalue weighted by molar-refractivity contribution is 0.442. The number of para-hydroxylation sites is 1. The van der Waals surface area contributed by atoms with Crippen LogP contribution in [0, 0.1) is 0 Å². The fourth-order valence-electron chi connectivity index (χ4n) is 2.23. The van der Waals surface area contributed by atoms with Crippen molar-refractivity contribution < 1.29 is 12.9 Å². The summed E-state index contributed by atoms with van der Waals surface area (Å²) in [6.45, 7) is 0. The Hall–Kier alpha value is -2.37. The molecule has 0 bridgehead atoms. The molecule has 106 valence electrons. The zero-order valence-corrected chi connectivity index (χ0v) is 11.8. The summed E-state index contributed by atoms with van der Waals surface area (Å²) in [4.78, 5) is 0. The van der Waals surface area contributed by atoms with Crippen LogP contribution in [0.5, 0.6) is 5.75 Å². The Morgan fingerprint density at radius 1 is 0.905 bits per heavy atom. The Balaban J connectivity index is 2.11. The normalized spacial score (nSPS) is 12.0. The number of hydrogen-bond acceptors (Lipinski definition) is 4. The second-order valence-electron chi connectivity index (χ2n) is 4.44. The molecule has 1 unspecified atom stereocenters. The van der Waals surface area contributed by atoms with Gasteiger partial charge in [-0.15, -0.1) is 0 Å². The average molecular weight is 298 g/mol. The standard InChI is InChI=1S/C16H13NO3S/c18-21(19)20-15-11-5-7-12-6-4-10-14(16(12)15)17-13-8-2-1-3-9-13/h1-11,17H,(H,18,19)/p-1. The number of hydrogen-bond donors (Lipinski definition) is 1. The van der Waals surface area contributed by atoms with Crippen molar-refractivity contribution in [2.45, 2.75) is 0 Å². The van der Waals surface area contributed by atoms with Crippen molar-refractivity contribution in [2.75, 3.05) is 5.32 Å². The van der Waals surface area contributed by atoms with Crippen molar-refractivity contribution in [1.29, 1.82) is 0 Å². The van der Waals surface area contributed by atoms with E-state index in [2.05, 4.69) is 5.32 Å². The minimum atomic E-state index is -2.61. The molecule has 0 radical (unpaired) electrons. The van der Waals surface area contributed by atoms with E-state index < -0.39 is 11.4 Å². The van der Waals surface area contributed by atoms with E-state index in [1.54, 1.807) is 12.1 Å². The molecule has 0 amide bonds. The van der Waals surface area contributed by atoms with Crippen LogP contribution in [0.3, 0.4) is 0 Å². The number of rotatable bonds is 4. The second kappa shape index (κ2) is 5.95. The first-order valence-corrected chi connectivity index (χ1v) is 7.35. The van der Waals surface area contributed by atoms with Crippen molar-refractivity contribution in [3.63, 3.8) is 0 Å². The topological polar surface area (TPSA) is 61.4 Å². The Morgan fingerprint density at radius 3 is 2.33 bits per heavy atom. The van der Waals surface area contributed by atoms with Gasteiger partial charge in [-0.05, 0) is 29.7 Å². The van der Waals surface area contributed by atoms with Crippen molar-refractivity contribution in [3.05, 3.63) is 66.7 Å². The van der Waals surface area contributed by atoms with Gasteiger partial charge in [-0.3, -0.25) is 0 Å². The highest BCUT2D eigenvalue weighted by Crippen LogP contribution is 2.34. The van der Waals surface area contributed by atoms with Gasteiger partial charge < -0.3 is 14.1 Å². The Kier molecular flexibility index (Phi) is 3.85. The summed E-state index contributed by atoms with van der Waals surface area (Å²) in [5.74, 6) is 0.305. The summed E-state index contributed by atoms with van der Waals surface area (Å²) < 4.78 is 26.6. The van der Waals surface area contributed by atoms with E-state index in [-0.39, 0.29) is 0 Å². The van der Waals surface area contributed by atoms with Gasteiger partial charge in [0.25, 0.3) is 0 Å². The van der Waals surface area contributed by atoms with Crippen LogP contribution in [0.4, 0.5) is 11.4 Å². The monoisotopic (exact) mass is 298 g/mol. The lowest BCUT2D eigenvalue weighted by atomic mass is 10.1. The molecule has 0 aliphatic rings. The van der Waals surface area contributed by atoms with Crippen LogP contribution < -0.4 is 9.50 Å². The predicted octanol–water partition coefficient (Wildman–Crippen LogP) is 3.76. The Labute approximate surface area is 124 Å². The maximum atomic E-state index is 10.8. The van der Waals surface area contributed by atoms with Gasteiger partial charge >= 0.3 is 0 Å². The summed E-state index contributed by atoms with van der Waals surface area (Å²) in [7, 11) is 0. The van der Waals surface area contributed by atoms with Gasteiger partial charge in [-0.1, -0.05) is 42.5 Å². The molecule has 1 N–H and O–H groups in total.